The molecule has 4 heteroatoms. The van der Waals surface area contributed by atoms with E-state index in [2.05, 4.69) is 29.0 Å². The summed E-state index contributed by atoms with van der Waals surface area (Å²) in [5.74, 6) is 5.15. The first-order valence-electron chi connectivity index (χ1n) is 12.3. The van der Waals surface area contributed by atoms with E-state index in [0.717, 1.165) is 48.6 Å². The van der Waals surface area contributed by atoms with Crippen molar-refractivity contribution in [3.05, 3.63) is 0 Å². The summed E-state index contributed by atoms with van der Waals surface area (Å²) < 4.78 is 0. The number of carbonyl (C=O) groups is 1. The summed E-state index contributed by atoms with van der Waals surface area (Å²) in [5.41, 5.74) is 0.156. The van der Waals surface area contributed by atoms with Crippen LogP contribution in [0.15, 0.2) is 0 Å². The number of carbonyl (C=O) groups excluding carboxylic acids is 1. The molecule has 4 bridgehead atoms. The summed E-state index contributed by atoms with van der Waals surface area (Å²) in [5, 5.41) is 3.58. The van der Waals surface area contributed by atoms with Crippen LogP contribution in [0, 0.1) is 35.5 Å². The fourth-order valence-electron chi connectivity index (χ4n) is 8.19. The largest absolute Gasteiger partial charge is 0.333 e. The van der Waals surface area contributed by atoms with Crippen molar-refractivity contribution in [2.75, 3.05) is 32.7 Å². The molecule has 2 heterocycles. The predicted octanol–water partition coefficient (Wildman–Crippen LogP) is 4.35. The second kappa shape index (κ2) is 7.49. The lowest BCUT2D eigenvalue weighted by atomic mass is 9.53. The van der Waals surface area contributed by atoms with Gasteiger partial charge in [0.2, 0.25) is 0 Å². The van der Waals surface area contributed by atoms with Gasteiger partial charge >= 0.3 is 6.03 Å². The second-order valence-electron chi connectivity index (χ2n) is 11.7. The maximum absolute atomic E-state index is 13.1. The van der Waals surface area contributed by atoms with Gasteiger partial charge in [-0.3, -0.25) is 0 Å². The Labute approximate surface area is 171 Å². The van der Waals surface area contributed by atoms with Crippen LogP contribution in [0.2, 0.25) is 0 Å². The first-order chi connectivity index (χ1) is 13.5. The van der Waals surface area contributed by atoms with Gasteiger partial charge in [0.1, 0.15) is 0 Å². The van der Waals surface area contributed by atoms with Crippen LogP contribution in [0.3, 0.4) is 0 Å². The van der Waals surface area contributed by atoms with Crippen molar-refractivity contribution in [2.45, 2.75) is 77.2 Å². The highest BCUT2D eigenvalue weighted by Gasteiger charge is 2.51. The van der Waals surface area contributed by atoms with Crippen LogP contribution in [-0.4, -0.2) is 54.1 Å². The molecule has 1 N–H and O–H groups in total. The molecule has 2 amide bonds. The summed E-state index contributed by atoms with van der Waals surface area (Å²) >= 11 is 0. The van der Waals surface area contributed by atoms with Crippen molar-refractivity contribution in [2.24, 2.45) is 35.5 Å². The van der Waals surface area contributed by atoms with Crippen molar-refractivity contribution < 1.29 is 4.79 Å². The molecule has 4 aliphatic carbocycles. The van der Waals surface area contributed by atoms with Gasteiger partial charge in [0.15, 0.2) is 0 Å². The van der Waals surface area contributed by atoms with Gasteiger partial charge in [0.05, 0.1) is 0 Å². The van der Waals surface area contributed by atoms with Gasteiger partial charge in [-0.05, 0) is 93.3 Å². The summed E-state index contributed by atoms with van der Waals surface area (Å²) in [4.78, 5) is 17.9. The van der Waals surface area contributed by atoms with E-state index in [9.17, 15) is 4.79 Å². The fourth-order valence-corrected chi connectivity index (χ4v) is 8.19. The Hall–Kier alpha value is -0.770. The monoisotopic (exact) mass is 387 g/mol. The van der Waals surface area contributed by atoms with Gasteiger partial charge in [-0.25, -0.2) is 4.79 Å². The minimum absolute atomic E-state index is 0.156. The van der Waals surface area contributed by atoms with E-state index in [4.69, 9.17) is 0 Å². The molecule has 4 nitrogen and oxygen atoms in total. The quantitative estimate of drug-likeness (QED) is 0.781. The number of likely N-dealkylation sites (tertiary alicyclic amines) is 2. The Morgan fingerprint density at radius 1 is 0.893 bits per heavy atom. The fraction of sp³-hybridized carbons (Fsp3) is 0.958. The Morgan fingerprint density at radius 2 is 1.43 bits per heavy atom. The molecule has 2 aliphatic heterocycles. The molecule has 0 spiro atoms. The predicted molar refractivity (Wildman–Crippen MR) is 113 cm³/mol. The number of nitrogens with one attached hydrogen (secondary N) is 1. The second-order valence-corrected chi connectivity index (χ2v) is 11.7. The summed E-state index contributed by atoms with van der Waals surface area (Å²) in [6.07, 6.45) is 11.9. The Kier molecular flexibility index (Phi) is 5.13. The van der Waals surface area contributed by atoms with Crippen molar-refractivity contribution >= 4 is 6.03 Å². The van der Waals surface area contributed by atoms with Gasteiger partial charge in [-0.15, -0.1) is 0 Å². The first-order valence-corrected chi connectivity index (χ1v) is 12.3. The number of hydrogen-bond acceptors (Lipinski definition) is 2. The number of hydrogen-bond donors (Lipinski definition) is 1. The molecule has 158 valence electrons. The summed E-state index contributed by atoms with van der Waals surface area (Å²) in [7, 11) is 0. The molecule has 6 fully saturated rings. The van der Waals surface area contributed by atoms with Crippen LogP contribution < -0.4 is 5.32 Å². The molecule has 0 radical (unpaired) electrons. The molecule has 4 saturated carbocycles. The molecule has 28 heavy (non-hydrogen) atoms. The molecule has 6 rings (SSSR count). The standard InChI is InChI=1S/C24H41N3O/c1-17-7-18(2)15-26(14-17)16-19-3-5-27(6-4-19)23(28)25-24-11-20-8-21(12-24)10-22(9-20)13-24/h17-22H,3-16H2,1-2H3,(H,25,28)/t17-,18-,20?,21?,22?,24?/m0/s1. The van der Waals surface area contributed by atoms with E-state index >= 15 is 0 Å². The zero-order valence-electron chi connectivity index (χ0n) is 18.2. The van der Waals surface area contributed by atoms with Crippen LogP contribution in [0.25, 0.3) is 0 Å². The van der Waals surface area contributed by atoms with E-state index in [1.807, 2.05) is 0 Å². The average molecular weight is 388 g/mol. The van der Waals surface area contributed by atoms with E-state index in [0.29, 0.717) is 0 Å². The summed E-state index contributed by atoms with van der Waals surface area (Å²) in [6, 6.07) is 0.251. The third-order valence-electron chi connectivity index (χ3n) is 8.77. The zero-order valence-corrected chi connectivity index (χ0v) is 18.2. The Balaban J connectivity index is 1.11. The van der Waals surface area contributed by atoms with Gasteiger partial charge in [0.25, 0.3) is 0 Å². The SMILES string of the molecule is C[C@H]1C[C@H](C)CN(CC2CCN(C(=O)NC34CC5CC(CC(C5)C3)C4)CC2)C1. The molecule has 0 aromatic heterocycles. The van der Waals surface area contributed by atoms with Gasteiger partial charge in [0, 0.05) is 38.3 Å². The van der Waals surface area contributed by atoms with Crippen LogP contribution in [0.1, 0.15) is 71.6 Å². The third kappa shape index (κ3) is 3.95. The lowest BCUT2D eigenvalue weighted by Crippen LogP contribution is -2.62. The molecule has 6 aliphatic rings. The molecule has 2 saturated heterocycles. The number of nitrogens with zero attached hydrogens (tertiary/aromatic N) is 2. The van der Waals surface area contributed by atoms with Crippen molar-refractivity contribution in [1.29, 1.82) is 0 Å². The highest BCUT2D eigenvalue weighted by atomic mass is 16.2. The Morgan fingerprint density at radius 3 is 1.96 bits per heavy atom. The molecular formula is C24H41N3O. The average Bonchev–Trinajstić information content (AvgIpc) is 2.59. The van der Waals surface area contributed by atoms with Crippen molar-refractivity contribution in [3.8, 4) is 0 Å². The van der Waals surface area contributed by atoms with E-state index in [-0.39, 0.29) is 11.6 Å². The third-order valence-corrected chi connectivity index (χ3v) is 8.77. The van der Waals surface area contributed by atoms with E-state index < -0.39 is 0 Å². The highest BCUT2D eigenvalue weighted by molar-refractivity contribution is 5.75. The smallest absolute Gasteiger partial charge is 0.317 e. The molecular weight excluding hydrogens is 346 g/mol. The zero-order chi connectivity index (χ0) is 19.3. The van der Waals surface area contributed by atoms with Crippen LogP contribution in [0.5, 0.6) is 0 Å². The lowest BCUT2D eigenvalue weighted by molar-refractivity contribution is -0.0163. The summed E-state index contributed by atoms with van der Waals surface area (Å²) in [6.45, 7) is 10.5. The molecule has 0 unspecified atom stereocenters. The van der Waals surface area contributed by atoms with Crippen LogP contribution in [0.4, 0.5) is 4.79 Å². The number of piperidine rings is 2. The molecule has 0 aromatic rings. The maximum atomic E-state index is 13.1. The first kappa shape index (κ1) is 19.2. The van der Waals surface area contributed by atoms with Crippen LogP contribution in [-0.2, 0) is 0 Å². The van der Waals surface area contributed by atoms with E-state index in [1.165, 1.54) is 77.4 Å². The molecule has 2 atom stereocenters. The Bertz CT molecular complexity index is 537. The van der Waals surface area contributed by atoms with Crippen molar-refractivity contribution in [3.63, 3.8) is 0 Å². The van der Waals surface area contributed by atoms with Crippen molar-refractivity contribution in [1.82, 2.24) is 15.1 Å². The van der Waals surface area contributed by atoms with E-state index in [1.54, 1.807) is 0 Å². The normalized spacial score (nSPS) is 44.1. The maximum Gasteiger partial charge on any atom is 0.317 e. The number of rotatable bonds is 3. The topological polar surface area (TPSA) is 35.6 Å². The highest BCUT2D eigenvalue weighted by Crippen LogP contribution is 2.55. The lowest BCUT2D eigenvalue weighted by Gasteiger charge is -2.57. The number of amides is 2. The number of urea groups is 1. The molecule has 0 aromatic carbocycles. The van der Waals surface area contributed by atoms with Gasteiger partial charge in [-0.1, -0.05) is 13.8 Å². The van der Waals surface area contributed by atoms with Gasteiger partial charge in [-0.2, -0.15) is 0 Å². The minimum atomic E-state index is 0.156. The van der Waals surface area contributed by atoms with Gasteiger partial charge < -0.3 is 15.1 Å². The van der Waals surface area contributed by atoms with Crippen LogP contribution >= 0.6 is 0 Å². The minimum Gasteiger partial charge on any atom is -0.333 e.